The molecule has 0 saturated carbocycles. The van der Waals surface area contributed by atoms with Gasteiger partial charge in [-0.2, -0.15) is 0 Å². The minimum atomic E-state index is -2.05. The summed E-state index contributed by atoms with van der Waals surface area (Å²) in [7, 11) is 1.11. The van der Waals surface area contributed by atoms with Gasteiger partial charge in [-0.05, 0) is 35.6 Å². The third kappa shape index (κ3) is 3.02. The Labute approximate surface area is 237 Å². The molecule has 0 radical (unpaired) electrons. The molecular weight excluding hydrogens is 558 g/mol. The fraction of sp³-hybridized carbons (Fsp3) is 0.125. The van der Waals surface area contributed by atoms with E-state index in [9.17, 15) is 44.1 Å². The van der Waals surface area contributed by atoms with Gasteiger partial charge in [-0.1, -0.05) is 30.3 Å². The largest absolute Gasteiger partial charge is 0.510 e. The number of rotatable bonds is 3. The fourth-order valence-electron chi connectivity index (χ4n) is 6.86. The van der Waals surface area contributed by atoms with Gasteiger partial charge in [-0.15, -0.1) is 0 Å². The number of aliphatic hydroxyl groups excluding tert-OH is 2. The molecule has 1 heterocycles. The van der Waals surface area contributed by atoms with Gasteiger partial charge in [0.1, 0.15) is 22.7 Å². The summed E-state index contributed by atoms with van der Waals surface area (Å²) in [6.07, 6.45) is 0.390. The van der Waals surface area contributed by atoms with E-state index >= 15 is 0 Å². The molecule has 212 valence electrons. The van der Waals surface area contributed by atoms with Crippen molar-refractivity contribution in [3.8, 4) is 22.6 Å². The maximum atomic E-state index is 13.7. The first-order valence-electron chi connectivity index (χ1n) is 13.1. The van der Waals surface area contributed by atoms with Crippen LogP contribution in [0.4, 0.5) is 0 Å². The lowest BCUT2D eigenvalue weighted by atomic mass is 9.77. The summed E-state index contributed by atoms with van der Waals surface area (Å²) >= 11 is 0. The molecule has 0 saturated heterocycles. The molecule has 1 atom stereocenters. The number of phenolic OH excluding ortho intramolecular Hbond substituents is 1. The van der Waals surface area contributed by atoms with Crippen molar-refractivity contribution in [2.45, 2.75) is 18.3 Å². The van der Waals surface area contributed by atoms with Crippen LogP contribution in [0.3, 0.4) is 0 Å². The van der Waals surface area contributed by atoms with Crippen LogP contribution in [0.2, 0.25) is 0 Å². The van der Waals surface area contributed by atoms with Crippen LogP contribution in [0.25, 0.3) is 33.4 Å². The van der Waals surface area contributed by atoms with Crippen molar-refractivity contribution in [2.75, 3.05) is 7.11 Å². The maximum Gasteiger partial charge on any atom is 0.260 e. The predicted molar refractivity (Wildman–Crippen MR) is 154 cm³/mol. The number of benzene rings is 2. The zero-order valence-corrected chi connectivity index (χ0v) is 22.2. The number of carbonyl (C=O) groups is 1. The highest BCUT2D eigenvalue weighted by Crippen LogP contribution is 2.56. The number of carbonyl (C=O) groups excluding carboxylic acids is 1. The standard InChI is InChI=1S/C32H19NO10/c1-43-17-10-16(35)20-21(25(17)36)27(38)23-22(26(20)37)29(40)32(30(23)41)8-7-14-18(12-5-3-2-4-6-12)15-9-13(11-34)33-31(42)19(15)28(39)24(14)32/h2-6,9-11,39-41H,7-8H2,1H3,(H,33,42)/t32-/m0/s1. The highest BCUT2D eigenvalue weighted by atomic mass is 16.5. The van der Waals surface area contributed by atoms with Gasteiger partial charge < -0.3 is 25.0 Å². The molecule has 0 fully saturated rings. The number of aliphatic hydroxyl groups is 2. The third-order valence-electron chi connectivity index (χ3n) is 8.64. The van der Waals surface area contributed by atoms with Gasteiger partial charge in [-0.3, -0.25) is 28.8 Å². The Morgan fingerprint density at radius 2 is 1.51 bits per heavy atom. The molecule has 0 aliphatic heterocycles. The molecule has 0 bridgehead atoms. The Bertz CT molecular complexity index is 2600. The van der Waals surface area contributed by atoms with E-state index in [-0.39, 0.29) is 34.9 Å². The lowest BCUT2D eigenvalue weighted by Gasteiger charge is -2.28. The monoisotopic (exact) mass is 577 g/mol. The highest BCUT2D eigenvalue weighted by molar-refractivity contribution is 6.06. The summed E-state index contributed by atoms with van der Waals surface area (Å²) in [5.74, 6) is -2.69. The van der Waals surface area contributed by atoms with Crippen molar-refractivity contribution >= 4 is 28.6 Å². The number of ether oxygens (including phenoxy) is 1. The van der Waals surface area contributed by atoms with Crippen LogP contribution in [0.15, 0.2) is 66.4 Å². The normalized spacial score (nSPS) is 17.1. The molecule has 2 aromatic carbocycles. The van der Waals surface area contributed by atoms with E-state index in [0.29, 0.717) is 23.0 Å². The van der Waals surface area contributed by atoms with Crippen LogP contribution < -0.4 is 42.4 Å². The first-order valence-corrected chi connectivity index (χ1v) is 13.1. The Morgan fingerprint density at radius 1 is 0.860 bits per heavy atom. The summed E-state index contributed by atoms with van der Waals surface area (Å²) in [5.41, 5.74) is -5.91. The molecule has 11 heteroatoms. The van der Waals surface area contributed by atoms with Crippen LogP contribution in [0.1, 0.15) is 28.0 Å². The lowest BCUT2D eigenvalue weighted by Crippen LogP contribution is -2.51. The SMILES string of the molecule is COc1cc(=O)c2c(=O)c3c(c(=O)c=2c1=O)=C(O)[C@]1(CCc2c1c(O)c1c(=O)[nH]c(C=O)cc1c2-c1ccccc1)C=3O. The van der Waals surface area contributed by atoms with Crippen molar-refractivity contribution in [2.24, 2.45) is 0 Å². The van der Waals surface area contributed by atoms with E-state index in [0.717, 1.165) is 13.2 Å². The molecule has 43 heavy (non-hydrogen) atoms. The van der Waals surface area contributed by atoms with E-state index in [2.05, 4.69) is 4.98 Å². The van der Waals surface area contributed by atoms with Gasteiger partial charge in [0.15, 0.2) is 17.5 Å². The Morgan fingerprint density at radius 3 is 2.14 bits per heavy atom. The van der Waals surface area contributed by atoms with E-state index in [1.165, 1.54) is 6.07 Å². The molecule has 4 aliphatic rings. The second-order valence-electron chi connectivity index (χ2n) is 10.6. The van der Waals surface area contributed by atoms with E-state index in [1.807, 2.05) is 0 Å². The Balaban J connectivity index is 1.73. The summed E-state index contributed by atoms with van der Waals surface area (Å²) in [6.45, 7) is 0. The van der Waals surface area contributed by atoms with Gasteiger partial charge in [-0.25, -0.2) is 0 Å². The van der Waals surface area contributed by atoms with E-state index < -0.39 is 76.6 Å². The topological polar surface area (TPSA) is 188 Å². The number of methoxy groups -OCH3 is 1. The number of aromatic amines is 1. The molecule has 1 aromatic heterocycles. The molecule has 0 amide bonds. The first kappa shape index (κ1) is 26.1. The number of fused-ring (bicyclic) bond motifs is 4. The summed E-state index contributed by atoms with van der Waals surface area (Å²) in [5, 5.41) is 32.3. The van der Waals surface area contributed by atoms with Crippen molar-refractivity contribution < 1.29 is 24.9 Å². The Kier molecular flexibility index (Phi) is 5.21. The number of aldehydes is 1. The van der Waals surface area contributed by atoms with Crippen molar-refractivity contribution in [1.82, 2.24) is 4.98 Å². The quantitative estimate of drug-likeness (QED) is 0.212. The molecule has 7 rings (SSSR count). The average molecular weight is 578 g/mol. The molecular formula is C32H19NO10. The fourth-order valence-corrected chi connectivity index (χ4v) is 6.86. The number of pyridine rings is 1. The van der Waals surface area contributed by atoms with Gasteiger partial charge in [0.05, 0.1) is 39.1 Å². The number of hydrogen-bond donors (Lipinski definition) is 4. The number of H-pyrrole nitrogens is 1. The van der Waals surface area contributed by atoms with Crippen molar-refractivity contribution in [3.05, 3.63) is 131 Å². The molecule has 4 aliphatic carbocycles. The number of nitrogens with one attached hydrogen (secondary N) is 1. The zero-order chi connectivity index (χ0) is 30.5. The number of hydrogen-bond acceptors (Lipinski definition) is 10. The lowest BCUT2D eigenvalue weighted by molar-refractivity contribution is 0.111. The van der Waals surface area contributed by atoms with Crippen LogP contribution in [-0.4, -0.2) is 33.7 Å². The molecule has 3 aromatic rings. The molecule has 1 spiro atoms. The van der Waals surface area contributed by atoms with Crippen molar-refractivity contribution in [3.63, 3.8) is 0 Å². The second kappa shape index (κ2) is 8.58. The third-order valence-corrected chi connectivity index (χ3v) is 8.64. The van der Waals surface area contributed by atoms with Gasteiger partial charge in [0.2, 0.25) is 16.3 Å². The molecule has 4 N–H and O–H groups in total. The van der Waals surface area contributed by atoms with Gasteiger partial charge in [0, 0.05) is 17.0 Å². The predicted octanol–water partition coefficient (Wildman–Crippen LogP) is -0.00682. The van der Waals surface area contributed by atoms with Crippen LogP contribution in [0, 0.1) is 10.4 Å². The zero-order valence-electron chi connectivity index (χ0n) is 22.2. The van der Waals surface area contributed by atoms with Crippen LogP contribution in [-0.2, 0) is 11.8 Å². The highest BCUT2D eigenvalue weighted by Gasteiger charge is 2.54. The maximum absolute atomic E-state index is 13.7. The van der Waals surface area contributed by atoms with Crippen LogP contribution >= 0.6 is 0 Å². The smallest absolute Gasteiger partial charge is 0.260 e. The average Bonchev–Trinajstić information content (AvgIpc) is 3.50. The molecule has 11 nitrogen and oxygen atoms in total. The number of aromatic hydroxyl groups is 1. The minimum Gasteiger partial charge on any atom is -0.510 e. The van der Waals surface area contributed by atoms with Crippen LogP contribution in [0.5, 0.6) is 11.5 Å². The first-order chi connectivity index (χ1) is 20.6. The second-order valence-corrected chi connectivity index (χ2v) is 10.6. The van der Waals surface area contributed by atoms with E-state index in [4.69, 9.17) is 4.74 Å². The van der Waals surface area contributed by atoms with Crippen molar-refractivity contribution in [1.29, 1.82) is 0 Å². The van der Waals surface area contributed by atoms with Gasteiger partial charge in [0.25, 0.3) is 5.56 Å². The van der Waals surface area contributed by atoms with E-state index in [1.54, 1.807) is 30.3 Å². The molecule has 0 unspecified atom stereocenters. The minimum absolute atomic E-state index is 0.0465. The van der Waals surface area contributed by atoms with Gasteiger partial charge >= 0.3 is 0 Å². The Hall–Kier alpha value is -5.84. The number of aromatic nitrogens is 1. The summed E-state index contributed by atoms with van der Waals surface area (Å²) < 4.78 is 4.91. The number of phenols is 1. The summed E-state index contributed by atoms with van der Waals surface area (Å²) in [4.78, 5) is 80.6. The summed E-state index contributed by atoms with van der Waals surface area (Å²) in [6, 6.07) is 10.9.